The minimum atomic E-state index is -0.570. The maximum Gasteiger partial charge on any atom is 0.248 e. The fraction of sp³-hybridized carbons (Fsp3) is 0.552. The Labute approximate surface area is 214 Å². The number of carbonyl (C=O) groups is 1. The molecule has 2 saturated heterocycles. The van der Waals surface area contributed by atoms with Crippen LogP contribution in [0.3, 0.4) is 0 Å². The number of piperazine rings is 1. The summed E-state index contributed by atoms with van der Waals surface area (Å²) in [6.45, 7) is 13.8. The molecular weight excluding hydrogens is 460 g/mol. The van der Waals surface area contributed by atoms with E-state index in [2.05, 4.69) is 30.6 Å². The highest BCUT2D eigenvalue weighted by molar-refractivity contribution is 5.77. The molecule has 0 spiro atoms. The number of rotatable bonds is 7. The zero-order chi connectivity index (χ0) is 25.7. The van der Waals surface area contributed by atoms with E-state index in [0.29, 0.717) is 5.92 Å². The quantitative estimate of drug-likeness (QED) is 0.552. The van der Waals surface area contributed by atoms with E-state index in [1.807, 2.05) is 4.90 Å². The molecule has 4 rings (SSSR count). The normalized spacial score (nSPS) is 18.7. The zero-order valence-corrected chi connectivity index (χ0v) is 21.8. The lowest BCUT2D eigenvalue weighted by atomic mass is 9.95. The van der Waals surface area contributed by atoms with E-state index in [1.165, 1.54) is 24.3 Å². The molecule has 2 aliphatic heterocycles. The summed E-state index contributed by atoms with van der Waals surface area (Å²) in [6.07, 6.45) is 1.44. The van der Waals surface area contributed by atoms with Gasteiger partial charge in [0.15, 0.2) is 0 Å². The number of halogens is 2. The van der Waals surface area contributed by atoms with E-state index in [9.17, 15) is 13.6 Å². The Kier molecular flexibility index (Phi) is 8.75. The lowest BCUT2D eigenvalue weighted by Gasteiger charge is -2.43. The Hall–Kier alpha value is -2.35. The molecule has 0 aromatic heterocycles. The number of hydrogen-bond donors (Lipinski definition) is 0. The molecule has 5 nitrogen and oxygen atoms in total. The van der Waals surface area contributed by atoms with Gasteiger partial charge in [-0.2, -0.15) is 0 Å². The molecule has 0 saturated carbocycles. The van der Waals surface area contributed by atoms with Crippen molar-refractivity contribution in [3.05, 3.63) is 71.3 Å². The van der Waals surface area contributed by atoms with E-state index in [4.69, 9.17) is 4.74 Å². The topological polar surface area (TPSA) is 36.0 Å². The second kappa shape index (κ2) is 11.8. The number of carbonyl (C=O) groups excluding carboxylic acids is 1. The van der Waals surface area contributed by atoms with Crippen LogP contribution in [0, 0.1) is 17.6 Å². The number of hydrogen-bond acceptors (Lipinski definition) is 4. The van der Waals surface area contributed by atoms with Crippen molar-refractivity contribution in [2.24, 2.45) is 5.92 Å². The number of benzene rings is 2. The molecule has 196 valence electrons. The summed E-state index contributed by atoms with van der Waals surface area (Å²) >= 11 is 0. The third-order valence-corrected chi connectivity index (χ3v) is 7.52. The summed E-state index contributed by atoms with van der Waals surface area (Å²) in [5.74, 6) is -0.109. The molecule has 2 aromatic carbocycles. The van der Waals surface area contributed by atoms with Crippen LogP contribution in [0.15, 0.2) is 48.5 Å². The van der Waals surface area contributed by atoms with Gasteiger partial charge in [-0.15, -0.1) is 0 Å². The van der Waals surface area contributed by atoms with Crippen molar-refractivity contribution in [1.82, 2.24) is 14.7 Å². The number of likely N-dealkylation sites (tertiary alicyclic amines) is 1. The average Bonchev–Trinajstić information content (AvgIpc) is 2.86. The molecule has 7 heteroatoms. The van der Waals surface area contributed by atoms with Crippen molar-refractivity contribution in [2.45, 2.75) is 45.3 Å². The molecule has 2 fully saturated rings. The van der Waals surface area contributed by atoms with E-state index in [-0.39, 0.29) is 29.7 Å². The fourth-order valence-electron chi connectivity index (χ4n) is 5.24. The van der Waals surface area contributed by atoms with Crippen molar-refractivity contribution in [1.29, 1.82) is 0 Å². The summed E-state index contributed by atoms with van der Waals surface area (Å²) in [6, 6.07) is 12.0. The van der Waals surface area contributed by atoms with Crippen LogP contribution in [-0.2, 0) is 9.53 Å². The van der Waals surface area contributed by atoms with Crippen LogP contribution in [0.4, 0.5) is 8.78 Å². The highest BCUT2D eigenvalue weighted by Gasteiger charge is 2.29. The van der Waals surface area contributed by atoms with Gasteiger partial charge in [0.2, 0.25) is 5.91 Å². The van der Waals surface area contributed by atoms with Gasteiger partial charge in [-0.05, 0) is 74.9 Å². The molecule has 2 heterocycles. The number of ether oxygens (including phenoxy) is 1. The Bertz CT molecular complexity index is 930. The van der Waals surface area contributed by atoms with Crippen molar-refractivity contribution in [3.8, 4) is 0 Å². The standard InChI is InChI=1S/C29H39F2N3O2/c1-29(2,3)34-18-16-32(17-19-34)20-22-12-14-33(15-13-22)27(35)21-36-28(23-4-8-25(30)9-5-23)24-6-10-26(31)11-7-24/h4-11,22,28H,12-21H2,1-3H3. The molecule has 0 unspecified atom stereocenters. The van der Waals surface area contributed by atoms with Gasteiger partial charge in [0.1, 0.15) is 24.3 Å². The number of piperidine rings is 1. The average molecular weight is 500 g/mol. The van der Waals surface area contributed by atoms with Crippen LogP contribution in [0.2, 0.25) is 0 Å². The Morgan fingerprint density at radius 1 is 0.861 bits per heavy atom. The maximum absolute atomic E-state index is 13.4. The monoisotopic (exact) mass is 499 g/mol. The van der Waals surface area contributed by atoms with E-state index < -0.39 is 6.10 Å². The van der Waals surface area contributed by atoms with Gasteiger partial charge in [-0.1, -0.05) is 24.3 Å². The van der Waals surface area contributed by atoms with Crippen molar-refractivity contribution in [2.75, 3.05) is 52.4 Å². The highest BCUT2D eigenvalue weighted by atomic mass is 19.1. The second-order valence-electron chi connectivity index (χ2n) is 11.1. The summed E-state index contributed by atoms with van der Waals surface area (Å²) in [5, 5.41) is 0. The van der Waals surface area contributed by atoms with Crippen LogP contribution < -0.4 is 0 Å². The van der Waals surface area contributed by atoms with Crippen molar-refractivity contribution in [3.63, 3.8) is 0 Å². The molecule has 2 aliphatic rings. The molecule has 0 N–H and O–H groups in total. The van der Waals surface area contributed by atoms with Crippen molar-refractivity contribution < 1.29 is 18.3 Å². The molecule has 0 bridgehead atoms. The summed E-state index contributed by atoms with van der Waals surface area (Å²) in [5.41, 5.74) is 1.67. The molecule has 0 atom stereocenters. The second-order valence-corrected chi connectivity index (χ2v) is 11.1. The molecule has 36 heavy (non-hydrogen) atoms. The SMILES string of the molecule is CC(C)(C)N1CCN(CC2CCN(C(=O)COC(c3ccc(F)cc3)c3ccc(F)cc3)CC2)CC1. The van der Waals surface area contributed by atoms with Gasteiger partial charge >= 0.3 is 0 Å². The minimum absolute atomic E-state index is 0.0403. The van der Waals surface area contributed by atoms with E-state index >= 15 is 0 Å². The van der Waals surface area contributed by atoms with E-state index in [0.717, 1.165) is 69.8 Å². The van der Waals surface area contributed by atoms with Crippen molar-refractivity contribution >= 4 is 5.91 Å². The Morgan fingerprint density at radius 2 is 1.36 bits per heavy atom. The van der Waals surface area contributed by atoms with Gasteiger partial charge in [0, 0.05) is 51.4 Å². The summed E-state index contributed by atoms with van der Waals surface area (Å²) < 4.78 is 32.9. The number of amides is 1. The lowest BCUT2D eigenvalue weighted by molar-refractivity contribution is -0.139. The summed E-state index contributed by atoms with van der Waals surface area (Å²) in [7, 11) is 0. The largest absolute Gasteiger partial charge is 0.359 e. The minimum Gasteiger partial charge on any atom is -0.359 e. The first-order valence-corrected chi connectivity index (χ1v) is 13.1. The van der Waals surface area contributed by atoms with Gasteiger partial charge in [0.25, 0.3) is 0 Å². The van der Waals surface area contributed by atoms with Crippen LogP contribution in [0.1, 0.15) is 50.8 Å². The smallest absolute Gasteiger partial charge is 0.248 e. The highest BCUT2D eigenvalue weighted by Crippen LogP contribution is 2.27. The predicted molar refractivity (Wildman–Crippen MR) is 138 cm³/mol. The van der Waals surface area contributed by atoms with Crippen LogP contribution >= 0.6 is 0 Å². The summed E-state index contributed by atoms with van der Waals surface area (Å²) in [4.78, 5) is 20.0. The van der Waals surface area contributed by atoms with Crippen LogP contribution in [0.5, 0.6) is 0 Å². The maximum atomic E-state index is 13.4. The molecule has 0 radical (unpaired) electrons. The molecule has 2 aromatic rings. The van der Waals surface area contributed by atoms with Gasteiger partial charge < -0.3 is 14.5 Å². The van der Waals surface area contributed by atoms with Crippen LogP contribution in [0.25, 0.3) is 0 Å². The lowest BCUT2D eigenvalue weighted by Crippen LogP contribution is -2.54. The van der Waals surface area contributed by atoms with Gasteiger partial charge in [-0.3, -0.25) is 9.69 Å². The third-order valence-electron chi connectivity index (χ3n) is 7.52. The first-order valence-electron chi connectivity index (χ1n) is 13.1. The van der Waals surface area contributed by atoms with Crippen LogP contribution in [-0.4, -0.2) is 78.6 Å². The van der Waals surface area contributed by atoms with Gasteiger partial charge in [-0.25, -0.2) is 8.78 Å². The fourth-order valence-corrected chi connectivity index (χ4v) is 5.24. The van der Waals surface area contributed by atoms with Gasteiger partial charge in [0.05, 0.1) is 0 Å². The Balaban J connectivity index is 1.26. The first kappa shape index (κ1) is 26.7. The molecular formula is C29H39F2N3O2. The van der Waals surface area contributed by atoms with E-state index in [1.54, 1.807) is 24.3 Å². The first-order chi connectivity index (χ1) is 17.2. The molecule has 0 aliphatic carbocycles. The Morgan fingerprint density at radius 3 is 1.83 bits per heavy atom. The molecule has 1 amide bonds. The predicted octanol–water partition coefficient (Wildman–Crippen LogP) is 4.73. The number of nitrogens with zero attached hydrogens (tertiary/aromatic N) is 3. The third kappa shape index (κ3) is 7.11. The zero-order valence-electron chi connectivity index (χ0n) is 21.8.